The smallest absolute Gasteiger partial charge is 0.328 e. The van der Waals surface area contributed by atoms with Crippen LogP contribution in [-0.4, -0.2) is 54.6 Å². The molecule has 9 heteroatoms. The summed E-state index contributed by atoms with van der Waals surface area (Å²) in [5.74, 6) is 1.47. The minimum Gasteiger partial charge on any atom is -0.493 e. The quantitative estimate of drug-likeness (QED) is 0.681. The Bertz CT molecular complexity index is 979. The molecule has 26 heavy (non-hydrogen) atoms. The molecule has 0 spiro atoms. The number of hydrogen-bond acceptors (Lipinski definition) is 7. The molecule has 0 saturated heterocycles. The fraction of sp³-hybridized carbons (Fsp3) is 0.353. The van der Waals surface area contributed by atoms with Gasteiger partial charge in [-0.15, -0.1) is 0 Å². The molecule has 1 N–H and O–H groups in total. The lowest BCUT2D eigenvalue weighted by molar-refractivity contribution is 0.187. The van der Waals surface area contributed by atoms with Gasteiger partial charge in [-0.05, 0) is 12.1 Å². The second-order valence-corrected chi connectivity index (χ2v) is 5.38. The Morgan fingerprint density at radius 3 is 2.50 bits per heavy atom. The molecule has 3 aromatic rings. The third-order valence-electron chi connectivity index (χ3n) is 3.98. The largest absolute Gasteiger partial charge is 0.493 e. The SMILES string of the molecule is COCCn1c(=O)[nH]c2ncc(-c3ccc(OC)c(OC)c3OC)nc21. The summed E-state index contributed by atoms with van der Waals surface area (Å²) in [6.07, 6.45) is 1.57. The van der Waals surface area contributed by atoms with Gasteiger partial charge in [0.15, 0.2) is 22.8 Å². The van der Waals surface area contributed by atoms with E-state index in [0.717, 1.165) is 0 Å². The maximum atomic E-state index is 12.1. The zero-order valence-electron chi connectivity index (χ0n) is 15.0. The number of benzene rings is 1. The maximum absolute atomic E-state index is 12.1. The van der Waals surface area contributed by atoms with Crippen LogP contribution in [0.2, 0.25) is 0 Å². The topological polar surface area (TPSA) is 100 Å². The van der Waals surface area contributed by atoms with Gasteiger partial charge >= 0.3 is 5.69 Å². The Morgan fingerprint density at radius 2 is 1.85 bits per heavy atom. The van der Waals surface area contributed by atoms with Crippen molar-refractivity contribution in [1.29, 1.82) is 0 Å². The summed E-state index contributed by atoms with van der Waals surface area (Å²) < 4.78 is 22.8. The van der Waals surface area contributed by atoms with Crippen LogP contribution < -0.4 is 19.9 Å². The molecule has 0 saturated carbocycles. The molecule has 0 fully saturated rings. The van der Waals surface area contributed by atoms with E-state index in [1.807, 2.05) is 0 Å². The van der Waals surface area contributed by atoms with E-state index in [9.17, 15) is 4.79 Å². The van der Waals surface area contributed by atoms with Crippen LogP contribution in [0, 0.1) is 0 Å². The van der Waals surface area contributed by atoms with E-state index in [-0.39, 0.29) is 5.69 Å². The van der Waals surface area contributed by atoms with Crippen molar-refractivity contribution in [3.8, 4) is 28.5 Å². The number of aromatic amines is 1. The molecule has 2 heterocycles. The highest BCUT2D eigenvalue weighted by molar-refractivity contribution is 5.77. The molecule has 0 aliphatic heterocycles. The normalized spacial score (nSPS) is 10.9. The van der Waals surface area contributed by atoms with E-state index >= 15 is 0 Å². The van der Waals surface area contributed by atoms with Gasteiger partial charge in [0.25, 0.3) is 0 Å². The van der Waals surface area contributed by atoms with E-state index in [1.54, 1.807) is 32.5 Å². The van der Waals surface area contributed by atoms with Gasteiger partial charge in [-0.25, -0.2) is 14.8 Å². The van der Waals surface area contributed by atoms with Gasteiger partial charge < -0.3 is 18.9 Å². The van der Waals surface area contributed by atoms with Crippen molar-refractivity contribution >= 4 is 11.3 Å². The first kappa shape index (κ1) is 17.7. The van der Waals surface area contributed by atoms with Crippen LogP contribution in [0.4, 0.5) is 0 Å². The summed E-state index contributed by atoms with van der Waals surface area (Å²) in [4.78, 5) is 23.7. The molecular formula is C17H20N4O5. The van der Waals surface area contributed by atoms with Crippen molar-refractivity contribution in [3.05, 3.63) is 28.8 Å². The number of methoxy groups -OCH3 is 4. The van der Waals surface area contributed by atoms with Crippen LogP contribution in [0.25, 0.3) is 22.6 Å². The molecule has 138 valence electrons. The molecule has 9 nitrogen and oxygen atoms in total. The van der Waals surface area contributed by atoms with Crippen LogP contribution in [-0.2, 0) is 11.3 Å². The summed E-state index contributed by atoms with van der Waals surface area (Å²) in [6, 6.07) is 3.57. The standard InChI is InChI=1S/C17H20N4O5/c1-23-8-7-21-16-15(20-17(21)22)18-9-11(19-16)10-5-6-12(24-2)14(26-4)13(10)25-3/h5-6,9H,7-8H2,1-4H3,(H,18,20,22). The van der Waals surface area contributed by atoms with Crippen molar-refractivity contribution in [3.63, 3.8) is 0 Å². The number of H-pyrrole nitrogens is 1. The van der Waals surface area contributed by atoms with Gasteiger partial charge in [0.2, 0.25) is 5.75 Å². The highest BCUT2D eigenvalue weighted by Crippen LogP contribution is 2.43. The van der Waals surface area contributed by atoms with Gasteiger partial charge in [-0.2, -0.15) is 0 Å². The van der Waals surface area contributed by atoms with Crippen molar-refractivity contribution in [1.82, 2.24) is 19.5 Å². The third kappa shape index (κ3) is 2.97. The molecule has 2 aromatic heterocycles. The van der Waals surface area contributed by atoms with E-state index in [4.69, 9.17) is 18.9 Å². The van der Waals surface area contributed by atoms with E-state index in [2.05, 4.69) is 15.0 Å². The lowest BCUT2D eigenvalue weighted by atomic mass is 10.1. The second-order valence-electron chi connectivity index (χ2n) is 5.38. The highest BCUT2D eigenvalue weighted by atomic mass is 16.5. The Hall–Kier alpha value is -3.07. The van der Waals surface area contributed by atoms with Crippen molar-refractivity contribution < 1.29 is 18.9 Å². The monoisotopic (exact) mass is 360 g/mol. The third-order valence-corrected chi connectivity index (χ3v) is 3.98. The average molecular weight is 360 g/mol. The van der Waals surface area contributed by atoms with Gasteiger partial charge in [0.05, 0.1) is 46.4 Å². The Kier molecular flexibility index (Phi) is 5.08. The summed E-state index contributed by atoms with van der Waals surface area (Å²) in [5.41, 5.74) is 1.79. The van der Waals surface area contributed by atoms with Crippen LogP contribution in [0.15, 0.2) is 23.1 Å². The van der Waals surface area contributed by atoms with Crippen molar-refractivity contribution in [2.45, 2.75) is 6.54 Å². The molecule has 0 aliphatic carbocycles. The van der Waals surface area contributed by atoms with Crippen LogP contribution >= 0.6 is 0 Å². The summed E-state index contributed by atoms with van der Waals surface area (Å²) in [5, 5.41) is 0. The molecular weight excluding hydrogens is 340 g/mol. The lowest BCUT2D eigenvalue weighted by Crippen LogP contribution is -2.19. The maximum Gasteiger partial charge on any atom is 0.328 e. The number of hydrogen-bond donors (Lipinski definition) is 1. The lowest BCUT2D eigenvalue weighted by Gasteiger charge is -2.15. The zero-order valence-corrected chi connectivity index (χ0v) is 15.0. The number of rotatable bonds is 7. The number of fused-ring (bicyclic) bond motifs is 1. The molecule has 0 radical (unpaired) electrons. The number of aromatic nitrogens is 4. The van der Waals surface area contributed by atoms with Gasteiger partial charge in [-0.1, -0.05) is 0 Å². The number of ether oxygens (including phenoxy) is 4. The number of nitrogens with zero attached hydrogens (tertiary/aromatic N) is 3. The number of imidazole rings is 1. The van der Waals surface area contributed by atoms with Crippen LogP contribution in [0.3, 0.4) is 0 Å². The van der Waals surface area contributed by atoms with E-state index < -0.39 is 0 Å². The van der Waals surface area contributed by atoms with Crippen LogP contribution in [0.5, 0.6) is 17.2 Å². The van der Waals surface area contributed by atoms with Crippen LogP contribution in [0.1, 0.15) is 0 Å². The molecule has 3 rings (SSSR count). The van der Waals surface area contributed by atoms with Gasteiger partial charge in [0, 0.05) is 12.7 Å². The summed E-state index contributed by atoms with van der Waals surface area (Å²) in [6.45, 7) is 0.759. The summed E-state index contributed by atoms with van der Waals surface area (Å²) in [7, 11) is 6.20. The van der Waals surface area contributed by atoms with Crippen molar-refractivity contribution in [2.75, 3.05) is 35.0 Å². The fourth-order valence-corrected chi connectivity index (χ4v) is 2.74. The van der Waals surface area contributed by atoms with Gasteiger partial charge in [0.1, 0.15) is 0 Å². The predicted octanol–water partition coefficient (Wildman–Crippen LogP) is 1.46. The Balaban J connectivity index is 2.18. The summed E-state index contributed by atoms with van der Waals surface area (Å²) >= 11 is 0. The second kappa shape index (κ2) is 7.44. The molecule has 0 atom stereocenters. The van der Waals surface area contributed by atoms with Crippen molar-refractivity contribution in [2.24, 2.45) is 0 Å². The highest BCUT2D eigenvalue weighted by Gasteiger charge is 2.19. The molecule has 0 unspecified atom stereocenters. The molecule has 1 aromatic carbocycles. The number of nitrogens with one attached hydrogen (secondary N) is 1. The van der Waals surface area contributed by atoms with E-state index in [0.29, 0.717) is 53.0 Å². The average Bonchev–Trinajstić information content (AvgIpc) is 2.99. The minimum atomic E-state index is -0.284. The fourth-order valence-electron chi connectivity index (χ4n) is 2.74. The zero-order chi connectivity index (χ0) is 18.7. The Labute approximate surface area is 149 Å². The minimum absolute atomic E-state index is 0.284. The Morgan fingerprint density at radius 1 is 1.08 bits per heavy atom. The molecule has 0 aliphatic rings. The first-order valence-corrected chi connectivity index (χ1v) is 7.88. The first-order valence-electron chi connectivity index (χ1n) is 7.88. The molecule has 0 bridgehead atoms. The van der Waals surface area contributed by atoms with Gasteiger partial charge in [-0.3, -0.25) is 9.55 Å². The first-order chi connectivity index (χ1) is 12.6. The predicted molar refractivity (Wildman–Crippen MR) is 95.1 cm³/mol. The van der Waals surface area contributed by atoms with E-state index in [1.165, 1.54) is 18.8 Å². The molecule has 0 amide bonds.